The van der Waals surface area contributed by atoms with Crippen molar-refractivity contribution < 1.29 is 30.6 Å². The van der Waals surface area contributed by atoms with Crippen LogP contribution >= 0.6 is 0 Å². The Morgan fingerprint density at radius 1 is 0.714 bits per heavy atom. The highest BCUT2D eigenvalue weighted by Gasteiger charge is 2.35. The van der Waals surface area contributed by atoms with Crippen molar-refractivity contribution in [3.8, 4) is 0 Å². The summed E-state index contributed by atoms with van der Waals surface area (Å²) in [5.41, 5.74) is 12.3. The van der Waals surface area contributed by atoms with Crippen molar-refractivity contribution in [1.82, 2.24) is 0 Å². The number of aliphatic hydroxyl groups excluding tert-OH is 6. The molecular weight excluding hydrogens is 444 g/mol. The van der Waals surface area contributed by atoms with E-state index in [1.54, 1.807) is 6.08 Å². The van der Waals surface area contributed by atoms with E-state index in [2.05, 4.69) is 38.6 Å². The molecule has 0 spiro atoms. The third-order valence-electron chi connectivity index (χ3n) is 6.60. The maximum Gasteiger partial charge on any atom is 0.113 e. The molecule has 6 heteroatoms. The van der Waals surface area contributed by atoms with Gasteiger partial charge in [-0.15, -0.1) is 5.73 Å². The number of aliphatic hydroxyl groups is 6. The monoisotopic (exact) mass is 484 g/mol. The van der Waals surface area contributed by atoms with Gasteiger partial charge in [-0.3, -0.25) is 0 Å². The van der Waals surface area contributed by atoms with Crippen molar-refractivity contribution >= 4 is 0 Å². The highest BCUT2D eigenvalue weighted by atomic mass is 16.4. The topological polar surface area (TPSA) is 121 Å². The van der Waals surface area contributed by atoms with Gasteiger partial charge < -0.3 is 30.6 Å². The number of benzene rings is 2. The van der Waals surface area contributed by atoms with E-state index in [4.69, 9.17) is 5.11 Å². The van der Waals surface area contributed by atoms with E-state index >= 15 is 0 Å². The summed E-state index contributed by atoms with van der Waals surface area (Å²) in [6, 6.07) is 8.31. The van der Waals surface area contributed by atoms with Crippen LogP contribution in [0.25, 0.3) is 0 Å². The highest BCUT2D eigenvalue weighted by Crippen LogP contribution is 2.24. The van der Waals surface area contributed by atoms with Crippen LogP contribution < -0.4 is 0 Å². The molecule has 6 N–H and O–H groups in total. The normalized spacial score (nSPS) is 15.7. The van der Waals surface area contributed by atoms with Crippen LogP contribution in [0.1, 0.15) is 44.5 Å². The molecule has 0 heterocycles. The van der Waals surface area contributed by atoms with Gasteiger partial charge in [-0.1, -0.05) is 35.4 Å². The molecule has 1 unspecified atom stereocenters. The quantitative estimate of drug-likeness (QED) is 0.288. The fourth-order valence-corrected chi connectivity index (χ4v) is 4.67. The Morgan fingerprint density at radius 3 is 1.63 bits per heavy atom. The van der Waals surface area contributed by atoms with Crippen LogP contribution in [-0.4, -0.2) is 67.8 Å². The molecule has 0 saturated heterocycles. The molecule has 0 aliphatic carbocycles. The minimum atomic E-state index is -1.87. The molecule has 2 aromatic carbocycles. The predicted octanol–water partition coefficient (Wildman–Crippen LogP) is 2.20. The van der Waals surface area contributed by atoms with Crippen LogP contribution in [0.5, 0.6) is 0 Å². The van der Waals surface area contributed by atoms with Crippen LogP contribution in [0.3, 0.4) is 0 Å². The van der Waals surface area contributed by atoms with E-state index in [-0.39, 0.29) is 6.42 Å². The third-order valence-corrected chi connectivity index (χ3v) is 6.60. The van der Waals surface area contributed by atoms with E-state index < -0.39 is 37.1 Å². The lowest BCUT2D eigenvalue weighted by molar-refractivity contribution is -0.134. The van der Waals surface area contributed by atoms with Crippen LogP contribution in [-0.2, 0) is 12.8 Å². The highest BCUT2D eigenvalue weighted by molar-refractivity contribution is 5.41. The lowest BCUT2D eigenvalue weighted by Gasteiger charge is -2.29. The molecular formula is C29H40O6. The fraction of sp³-hybridized carbons (Fsp3) is 0.483. The van der Waals surface area contributed by atoms with Crippen LogP contribution in [0, 0.1) is 41.5 Å². The second kappa shape index (κ2) is 12.6. The number of aryl methyl sites for hydroxylation is 6. The first-order valence-corrected chi connectivity index (χ1v) is 12.0. The van der Waals surface area contributed by atoms with Gasteiger partial charge in [0.25, 0.3) is 0 Å². The molecule has 0 bridgehead atoms. The van der Waals surface area contributed by atoms with Crippen LogP contribution in [0.15, 0.2) is 41.6 Å². The minimum absolute atomic E-state index is 0.282. The lowest BCUT2D eigenvalue weighted by atomic mass is 9.88. The fourth-order valence-electron chi connectivity index (χ4n) is 4.67. The summed E-state index contributed by atoms with van der Waals surface area (Å²) < 4.78 is 0. The van der Waals surface area contributed by atoms with Gasteiger partial charge in [-0.25, -0.2) is 0 Å². The molecule has 0 fully saturated rings. The number of rotatable bonds is 10. The van der Waals surface area contributed by atoms with E-state index in [1.165, 1.54) is 5.56 Å². The van der Waals surface area contributed by atoms with Gasteiger partial charge >= 0.3 is 0 Å². The van der Waals surface area contributed by atoms with Crippen molar-refractivity contribution in [3.05, 3.63) is 86.2 Å². The Hall–Kier alpha value is -2.28. The molecule has 35 heavy (non-hydrogen) atoms. The summed E-state index contributed by atoms with van der Waals surface area (Å²) in [5, 5.41) is 60.7. The number of hydrogen-bond acceptors (Lipinski definition) is 6. The summed E-state index contributed by atoms with van der Waals surface area (Å²) in [7, 11) is 0. The average Bonchev–Trinajstić information content (AvgIpc) is 2.78. The third kappa shape index (κ3) is 7.35. The molecule has 0 saturated carbocycles. The molecule has 0 amide bonds. The predicted molar refractivity (Wildman–Crippen MR) is 137 cm³/mol. The zero-order valence-electron chi connectivity index (χ0n) is 21.6. The van der Waals surface area contributed by atoms with Crippen molar-refractivity contribution in [3.63, 3.8) is 0 Å². The van der Waals surface area contributed by atoms with Crippen molar-refractivity contribution in [1.29, 1.82) is 0 Å². The molecule has 5 atom stereocenters. The Bertz CT molecular complexity index is 1040. The molecule has 0 radical (unpaired) electrons. The summed E-state index contributed by atoms with van der Waals surface area (Å²) in [5.74, 6) is 0. The molecule has 6 nitrogen and oxygen atoms in total. The lowest BCUT2D eigenvalue weighted by Crippen LogP contribution is -2.50. The molecule has 0 aliphatic heterocycles. The van der Waals surface area contributed by atoms with E-state index in [0.717, 1.165) is 38.9 Å². The smallest absolute Gasteiger partial charge is 0.113 e. The zero-order chi connectivity index (χ0) is 26.4. The van der Waals surface area contributed by atoms with Gasteiger partial charge in [0.05, 0.1) is 6.61 Å². The standard InChI is InChI=1S/C29H40O6/c1-16-10-18(3)23(19(4)11-16)9-7-8-22(14-24-20(5)12-17(2)13-21(24)6)26(32)28(34)29(35)27(33)25(31)15-30/h7,10-13,25-35H,9,14-15H2,1-6H3/t8?,25-,26?,27+,28+,29-/m0/s1. The summed E-state index contributed by atoms with van der Waals surface area (Å²) >= 11 is 0. The van der Waals surface area contributed by atoms with Gasteiger partial charge in [0.2, 0.25) is 0 Å². The first-order chi connectivity index (χ1) is 16.4. The SMILES string of the molecule is Cc1cc(C)c(CC=C=C(Cc2c(C)cc(C)cc2C)C(O)[C@@H](O)[C@@H](O)[C@H](O)[C@@H](O)CO)c(C)c1. The van der Waals surface area contributed by atoms with Crippen molar-refractivity contribution in [2.24, 2.45) is 0 Å². The van der Waals surface area contributed by atoms with Gasteiger partial charge in [0, 0.05) is 12.0 Å². The second-order valence-corrected chi connectivity index (χ2v) is 9.68. The van der Waals surface area contributed by atoms with E-state index in [9.17, 15) is 25.5 Å². The van der Waals surface area contributed by atoms with Gasteiger partial charge in [0.15, 0.2) is 0 Å². The van der Waals surface area contributed by atoms with Gasteiger partial charge in [-0.05, 0) is 87.4 Å². The Morgan fingerprint density at radius 2 is 1.17 bits per heavy atom. The zero-order valence-corrected chi connectivity index (χ0v) is 21.6. The Kier molecular flexibility index (Phi) is 10.4. The maximum absolute atomic E-state index is 11.0. The molecule has 2 rings (SSSR count). The maximum atomic E-state index is 11.0. The van der Waals surface area contributed by atoms with Gasteiger partial charge in [0.1, 0.15) is 30.5 Å². The van der Waals surface area contributed by atoms with Crippen molar-refractivity contribution in [2.45, 2.75) is 84.9 Å². The molecule has 2 aromatic rings. The van der Waals surface area contributed by atoms with Crippen LogP contribution in [0.4, 0.5) is 0 Å². The second-order valence-electron chi connectivity index (χ2n) is 9.68. The van der Waals surface area contributed by atoms with E-state index in [1.807, 2.05) is 32.9 Å². The number of hydrogen-bond donors (Lipinski definition) is 6. The summed E-state index contributed by atoms with van der Waals surface area (Å²) in [6.07, 6.45) is -6.03. The van der Waals surface area contributed by atoms with Gasteiger partial charge in [-0.2, -0.15) is 0 Å². The molecule has 0 aromatic heterocycles. The minimum Gasteiger partial charge on any atom is -0.394 e. The average molecular weight is 485 g/mol. The van der Waals surface area contributed by atoms with Crippen LogP contribution in [0.2, 0.25) is 0 Å². The molecule has 192 valence electrons. The summed E-state index contributed by atoms with van der Waals surface area (Å²) in [6.45, 7) is 11.3. The Labute approximate surface area is 208 Å². The summed E-state index contributed by atoms with van der Waals surface area (Å²) in [4.78, 5) is 0. The first kappa shape index (κ1) is 29.0. The van der Waals surface area contributed by atoms with E-state index in [0.29, 0.717) is 12.0 Å². The van der Waals surface area contributed by atoms with Crippen molar-refractivity contribution in [2.75, 3.05) is 6.61 Å². The molecule has 0 aliphatic rings. The first-order valence-electron chi connectivity index (χ1n) is 12.0. The Balaban J connectivity index is 2.47. The largest absolute Gasteiger partial charge is 0.394 e.